The highest BCUT2D eigenvalue weighted by atomic mass is 16.5. The number of imide groups is 1. The first-order valence-electron chi connectivity index (χ1n) is 22.0. The molecule has 3 aliphatic heterocycles. The van der Waals surface area contributed by atoms with E-state index >= 15 is 0 Å². The third-order valence-corrected chi connectivity index (χ3v) is 13.4. The first-order chi connectivity index (χ1) is 29.7. The lowest BCUT2D eigenvalue weighted by molar-refractivity contribution is -0.134. The van der Waals surface area contributed by atoms with Crippen molar-refractivity contribution in [3.63, 3.8) is 0 Å². The van der Waals surface area contributed by atoms with Crippen molar-refractivity contribution in [1.82, 2.24) is 30.3 Å². The van der Waals surface area contributed by atoms with Gasteiger partial charge in [0.05, 0.1) is 35.4 Å². The first kappa shape index (κ1) is 40.4. The van der Waals surface area contributed by atoms with Gasteiger partial charge in [0.1, 0.15) is 23.1 Å². The summed E-state index contributed by atoms with van der Waals surface area (Å²) in [5.41, 5.74) is 4.63. The molecular weight excluding hydrogens is 769 g/mol. The fourth-order valence-electron chi connectivity index (χ4n) is 10.2. The van der Waals surface area contributed by atoms with Crippen LogP contribution in [0.3, 0.4) is 0 Å². The Kier molecular flexibility index (Phi) is 11.6. The minimum Gasteiger partial charge on any atom is -0.491 e. The molecule has 3 aromatic carbocycles. The number of hydrogen-bond donors (Lipinski definition) is 2. The summed E-state index contributed by atoms with van der Waals surface area (Å²) in [4.78, 5) is 47.2. The number of aromatic nitrogens is 3. The second-order valence-corrected chi connectivity index (χ2v) is 17.6. The minimum atomic E-state index is -0.443. The number of anilines is 1. The lowest BCUT2D eigenvalue weighted by atomic mass is 9.90. The van der Waals surface area contributed by atoms with Crippen LogP contribution in [0.4, 0.5) is 5.69 Å². The predicted molar refractivity (Wildman–Crippen MR) is 232 cm³/mol. The van der Waals surface area contributed by atoms with E-state index in [9.17, 15) is 19.6 Å². The van der Waals surface area contributed by atoms with E-state index in [1.54, 1.807) is 16.9 Å². The largest absolute Gasteiger partial charge is 0.491 e. The van der Waals surface area contributed by atoms with E-state index in [0.717, 1.165) is 105 Å². The standard InChI is InChI=1S/C48H54N8O5/c1-30-25-31(27-55-23-20-32(28-55)29-60-42-7-3-5-39-45(53-54(2)46(39)42)40-17-19-43(57)52-48(40)59)21-24-56(30)36-13-8-33(9-14-36)47(58)51-35-11-15-37(16-12-35)61-41-18-10-34(26-49)44-38(41)6-4-22-50-44/h3-10,13-14,18,22,30-32,35,37,40H,11-12,15-17,19-21,23-25,27-29H2,1-2H3,(H,51,58)(H,52,57,59)/t30-,31-,32-,35?,37?,40?/m1/s1. The zero-order valence-corrected chi connectivity index (χ0v) is 35.0. The van der Waals surface area contributed by atoms with Crippen LogP contribution in [0, 0.1) is 23.2 Å². The molecule has 9 rings (SSSR count). The lowest BCUT2D eigenvalue weighted by Gasteiger charge is -2.40. The molecule has 4 aliphatic rings. The number of hydrogen-bond acceptors (Lipinski definition) is 10. The van der Waals surface area contributed by atoms with E-state index in [-0.39, 0.29) is 29.9 Å². The van der Waals surface area contributed by atoms with Crippen molar-refractivity contribution < 1.29 is 23.9 Å². The molecular formula is C48H54N8O5. The summed E-state index contributed by atoms with van der Waals surface area (Å²) in [7, 11) is 1.88. The number of benzene rings is 3. The molecule has 4 fully saturated rings. The van der Waals surface area contributed by atoms with Crippen molar-refractivity contribution in [2.45, 2.75) is 88.8 Å². The Morgan fingerprint density at radius 2 is 1.72 bits per heavy atom. The number of para-hydroxylation sites is 1. The van der Waals surface area contributed by atoms with Gasteiger partial charge in [-0.25, -0.2) is 0 Å². The number of likely N-dealkylation sites (tertiary alicyclic amines) is 1. The topological polar surface area (TPSA) is 155 Å². The van der Waals surface area contributed by atoms with Gasteiger partial charge >= 0.3 is 0 Å². The predicted octanol–water partition coefficient (Wildman–Crippen LogP) is 6.64. The number of nitrogens with zero attached hydrogens (tertiary/aromatic N) is 6. The summed E-state index contributed by atoms with van der Waals surface area (Å²) in [6.45, 7) is 7.13. The van der Waals surface area contributed by atoms with E-state index in [4.69, 9.17) is 14.6 Å². The average molecular weight is 823 g/mol. The number of nitrogens with one attached hydrogen (secondary N) is 2. The van der Waals surface area contributed by atoms with E-state index in [1.807, 2.05) is 55.6 Å². The number of pyridine rings is 1. The van der Waals surface area contributed by atoms with Gasteiger partial charge in [-0.15, -0.1) is 0 Å². The van der Waals surface area contributed by atoms with Crippen molar-refractivity contribution in [3.05, 3.63) is 89.7 Å². The van der Waals surface area contributed by atoms with Crippen LogP contribution >= 0.6 is 0 Å². The zero-order chi connectivity index (χ0) is 42.0. The third-order valence-electron chi connectivity index (χ3n) is 13.4. The molecule has 13 nitrogen and oxygen atoms in total. The minimum absolute atomic E-state index is 0.0332. The highest BCUT2D eigenvalue weighted by Gasteiger charge is 2.34. The van der Waals surface area contributed by atoms with Crippen molar-refractivity contribution >= 4 is 45.2 Å². The van der Waals surface area contributed by atoms with Crippen LogP contribution in [0.25, 0.3) is 21.8 Å². The summed E-state index contributed by atoms with van der Waals surface area (Å²) < 4.78 is 14.7. The Morgan fingerprint density at radius 1 is 0.918 bits per heavy atom. The average Bonchev–Trinajstić information content (AvgIpc) is 3.87. The van der Waals surface area contributed by atoms with Gasteiger partial charge in [-0.2, -0.15) is 10.4 Å². The summed E-state index contributed by atoms with van der Waals surface area (Å²) >= 11 is 0. The number of aryl methyl sites for hydroxylation is 1. The van der Waals surface area contributed by atoms with E-state index in [0.29, 0.717) is 59.7 Å². The number of piperidine rings is 2. The first-order valence-corrected chi connectivity index (χ1v) is 22.0. The Bertz CT molecular complexity index is 2470. The fraction of sp³-hybridized carbons (Fsp3) is 0.458. The third kappa shape index (κ3) is 8.64. The summed E-state index contributed by atoms with van der Waals surface area (Å²) in [5.74, 6) is 1.61. The molecule has 5 heterocycles. The van der Waals surface area contributed by atoms with Crippen LogP contribution in [0.5, 0.6) is 11.5 Å². The Balaban J connectivity index is 0.714. The van der Waals surface area contributed by atoms with Crippen LogP contribution in [0.1, 0.15) is 92.2 Å². The monoisotopic (exact) mass is 822 g/mol. The number of fused-ring (bicyclic) bond motifs is 2. The number of amides is 3. The molecule has 4 atom stereocenters. The molecule has 2 aromatic heterocycles. The molecule has 1 saturated carbocycles. The highest BCUT2D eigenvalue weighted by molar-refractivity contribution is 6.03. The molecule has 1 unspecified atom stereocenters. The SMILES string of the molecule is C[C@@H]1C[C@H](CN2CC[C@@H](COc3cccc4c(C5CCC(=O)NC5=O)nn(C)c34)C2)CCN1c1ccc(C(=O)NC2CCC(Oc3ccc(C#N)c4ncccc34)CC2)cc1. The van der Waals surface area contributed by atoms with Crippen molar-refractivity contribution in [2.24, 2.45) is 18.9 Å². The van der Waals surface area contributed by atoms with Gasteiger partial charge in [0.25, 0.3) is 5.91 Å². The van der Waals surface area contributed by atoms with Gasteiger partial charge in [0, 0.05) is 79.3 Å². The van der Waals surface area contributed by atoms with Crippen molar-refractivity contribution in [2.75, 3.05) is 37.7 Å². The maximum absolute atomic E-state index is 13.3. The van der Waals surface area contributed by atoms with E-state index in [1.165, 1.54) is 0 Å². The molecule has 3 saturated heterocycles. The number of carbonyl (C=O) groups excluding carboxylic acids is 3. The van der Waals surface area contributed by atoms with Crippen LogP contribution in [-0.4, -0.2) is 88.4 Å². The molecule has 316 valence electrons. The zero-order valence-electron chi connectivity index (χ0n) is 35.0. The van der Waals surface area contributed by atoms with Gasteiger partial charge < -0.3 is 24.6 Å². The van der Waals surface area contributed by atoms with Gasteiger partial charge in [-0.1, -0.05) is 12.1 Å². The summed E-state index contributed by atoms with van der Waals surface area (Å²) in [5, 5.41) is 21.7. The highest BCUT2D eigenvalue weighted by Crippen LogP contribution is 2.36. The second-order valence-electron chi connectivity index (χ2n) is 17.6. The molecule has 1 aliphatic carbocycles. The Labute approximate surface area is 356 Å². The van der Waals surface area contributed by atoms with Crippen molar-refractivity contribution in [3.8, 4) is 17.6 Å². The molecule has 0 spiro atoms. The maximum atomic E-state index is 13.3. The number of carbonyl (C=O) groups is 3. The molecule has 2 N–H and O–H groups in total. The van der Waals surface area contributed by atoms with Gasteiger partial charge in [-0.05, 0) is 125 Å². The van der Waals surface area contributed by atoms with Gasteiger partial charge in [0.2, 0.25) is 11.8 Å². The smallest absolute Gasteiger partial charge is 0.251 e. The lowest BCUT2D eigenvalue weighted by Crippen LogP contribution is -2.43. The van der Waals surface area contributed by atoms with Crippen LogP contribution < -0.4 is 25.0 Å². The Hall–Kier alpha value is -6.00. The number of rotatable bonds is 11. The van der Waals surface area contributed by atoms with Crippen LogP contribution in [0.15, 0.2) is 72.9 Å². The Morgan fingerprint density at radius 3 is 2.51 bits per heavy atom. The summed E-state index contributed by atoms with van der Waals surface area (Å²) in [6.07, 6.45) is 9.26. The second kappa shape index (κ2) is 17.5. The molecule has 5 aromatic rings. The van der Waals surface area contributed by atoms with E-state index in [2.05, 4.69) is 50.5 Å². The maximum Gasteiger partial charge on any atom is 0.251 e. The number of ether oxygens (including phenoxy) is 2. The van der Waals surface area contributed by atoms with Gasteiger partial charge in [0.15, 0.2) is 0 Å². The summed E-state index contributed by atoms with van der Waals surface area (Å²) in [6, 6.07) is 24.2. The molecule has 3 amide bonds. The normalized spacial score (nSPS) is 24.7. The van der Waals surface area contributed by atoms with Crippen LogP contribution in [0.2, 0.25) is 0 Å². The number of nitriles is 1. The van der Waals surface area contributed by atoms with Crippen LogP contribution in [-0.2, 0) is 16.6 Å². The molecule has 61 heavy (non-hydrogen) atoms. The quantitative estimate of drug-likeness (QED) is 0.139. The van der Waals surface area contributed by atoms with Gasteiger partial charge in [-0.3, -0.25) is 29.4 Å². The molecule has 0 bridgehead atoms. The van der Waals surface area contributed by atoms with E-state index < -0.39 is 5.92 Å². The molecule has 0 radical (unpaired) electrons. The fourth-order valence-corrected chi connectivity index (χ4v) is 10.2. The molecule has 13 heteroatoms. The van der Waals surface area contributed by atoms with Crippen molar-refractivity contribution in [1.29, 1.82) is 5.26 Å².